The number of halogens is 1. The summed E-state index contributed by atoms with van der Waals surface area (Å²) < 4.78 is 15.2. The lowest BCUT2D eigenvalue weighted by Gasteiger charge is -2.19. The molecular weight excluding hydrogens is 272 g/mol. The molecule has 104 valence electrons. The number of hydrogen-bond acceptors (Lipinski definition) is 5. The van der Waals surface area contributed by atoms with Crippen molar-refractivity contribution >= 4 is 17.6 Å². The second kappa shape index (κ2) is 5.27. The summed E-state index contributed by atoms with van der Waals surface area (Å²) in [6.07, 6.45) is -1.44. The van der Waals surface area contributed by atoms with E-state index in [2.05, 4.69) is 4.74 Å². The van der Waals surface area contributed by atoms with Crippen LogP contribution in [0.25, 0.3) is 0 Å². The van der Waals surface area contributed by atoms with Crippen molar-refractivity contribution < 1.29 is 24.1 Å². The third kappa shape index (κ3) is 2.35. The normalized spacial score (nSPS) is 14.6. The Hall–Kier alpha value is -1.46. The predicted molar refractivity (Wildman–Crippen MR) is 68.6 cm³/mol. The number of esters is 1. The maximum absolute atomic E-state index is 11.5. The lowest BCUT2D eigenvalue weighted by Crippen LogP contribution is -2.16. The molecule has 1 unspecified atom stereocenters. The molecule has 0 aromatic heterocycles. The van der Waals surface area contributed by atoms with Crippen LogP contribution in [-0.2, 0) is 9.53 Å². The van der Waals surface area contributed by atoms with Crippen LogP contribution in [0.1, 0.15) is 37.0 Å². The van der Waals surface area contributed by atoms with Gasteiger partial charge >= 0.3 is 5.97 Å². The van der Waals surface area contributed by atoms with Gasteiger partial charge in [-0.05, 0) is 5.92 Å². The van der Waals surface area contributed by atoms with Crippen molar-refractivity contribution in [2.45, 2.75) is 25.9 Å². The topological polar surface area (TPSA) is 65.0 Å². The van der Waals surface area contributed by atoms with Crippen molar-refractivity contribution in [3.63, 3.8) is 0 Å². The van der Waals surface area contributed by atoms with Gasteiger partial charge in [-0.2, -0.15) is 0 Å². The summed E-state index contributed by atoms with van der Waals surface area (Å²) in [5, 5.41) is 10.3. The van der Waals surface area contributed by atoms with E-state index in [1.807, 2.05) is 13.8 Å². The van der Waals surface area contributed by atoms with E-state index in [1.165, 1.54) is 13.2 Å². The fourth-order valence-electron chi connectivity index (χ4n) is 2.13. The molecular formula is C13H15ClO5. The highest BCUT2D eigenvalue weighted by Gasteiger charge is 2.31. The predicted octanol–water partition coefficient (Wildman–Crippen LogP) is 2.40. The van der Waals surface area contributed by atoms with E-state index in [4.69, 9.17) is 21.1 Å². The molecule has 1 aliphatic heterocycles. The molecule has 0 spiro atoms. The van der Waals surface area contributed by atoms with Crippen LogP contribution in [0.2, 0.25) is 5.02 Å². The van der Waals surface area contributed by atoms with Crippen molar-refractivity contribution in [1.82, 2.24) is 0 Å². The van der Waals surface area contributed by atoms with E-state index < -0.39 is 12.1 Å². The van der Waals surface area contributed by atoms with Crippen molar-refractivity contribution in [2.24, 2.45) is 0 Å². The van der Waals surface area contributed by atoms with Crippen LogP contribution in [0.5, 0.6) is 11.5 Å². The van der Waals surface area contributed by atoms with Crippen molar-refractivity contribution in [1.29, 1.82) is 0 Å². The summed E-state index contributed by atoms with van der Waals surface area (Å²) in [6, 6.07) is 1.54. The lowest BCUT2D eigenvalue weighted by molar-refractivity contribution is -0.150. The molecule has 0 saturated carbocycles. The average molecular weight is 287 g/mol. The minimum Gasteiger partial charge on any atom is -0.467 e. The Morgan fingerprint density at radius 2 is 2.11 bits per heavy atom. The van der Waals surface area contributed by atoms with Crippen LogP contribution in [0.3, 0.4) is 0 Å². The second-order valence-electron chi connectivity index (χ2n) is 4.50. The number of fused-ring (bicyclic) bond motifs is 1. The molecule has 5 nitrogen and oxygen atoms in total. The number of rotatable bonds is 3. The molecule has 1 heterocycles. The van der Waals surface area contributed by atoms with Crippen LogP contribution < -0.4 is 9.47 Å². The van der Waals surface area contributed by atoms with E-state index in [0.717, 1.165) is 0 Å². The Bertz CT molecular complexity index is 512. The molecule has 1 N–H and O–H groups in total. The minimum atomic E-state index is -1.44. The summed E-state index contributed by atoms with van der Waals surface area (Å²) in [6.45, 7) is 3.94. The fraction of sp³-hybridized carbons (Fsp3) is 0.462. The zero-order chi connectivity index (χ0) is 14.2. The Kier molecular flexibility index (Phi) is 3.87. The number of carbonyl (C=O) groups is 1. The number of benzene rings is 1. The standard InChI is InChI=1S/C13H15ClO5/c1-6(2)9-10(11(15)13(16)17-3)7(14)4-8-12(9)19-5-18-8/h4,6,11,15H,5H2,1-3H3. The molecule has 0 saturated heterocycles. The first-order valence-electron chi connectivity index (χ1n) is 5.85. The van der Waals surface area contributed by atoms with Gasteiger partial charge in [0.2, 0.25) is 6.79 Å². The summed E-state index contributed by atoms with van der Waals surface area (Å²) in [5.41, 5.74) is 0.977. The summed E-state index contributed by atoms with van der Waals surface area (Å²) in [7, 11) is 1.21. The van der Waals surface area contributed by atoms with Crippen molar-refractivity contribution in [2.75, 3.05) is 13.9 Å². The summed E-state index contributed by atoms with van der Waals surface area (Å²) in [4.78, 5) is 11.5. The molecule has 0 fully saturated rings. The van der Waals surface area contributed by atoms with Crippen molar-refractivity contribution in [3.8, 4) is 11.5 Å². The number of ether oxygens (including phenoxy) is 3. The van der Waals surface area contributed by atoms with Gasteiger partial charge in [-0.25, -0.2) is 4.79 Å². The van der Waals surface area contributed by atoms with Gasteiger partial charge in [-0.1, -0.05) is 25.4 Å². The van der Waals surface area contributed by atoms with Crippen LogP contribution in [-0.4, -0.2) is 25.0 Å². The van der Waals surface area contributed by atoms with E-state index >= 15 is 0 Å². The van der Waals surface area contributed by atoms with E-state index in [9.17, 15) is 9.90 Å². The Labute approximate surface area is 116 Å². The van der Waals surface area contributed by atoms with Gasteiger partial charge in [0.1, 0.15) is 0 Å². The Morgan fingerprint density at radius 1 is 1.42 bits per heavy atom. The monoisotopic (exact) mass is 286 g/mol. The van der Waals surface area contributed by atoms with E-state index in [1.54, 1.807) is 0 Å². The smallest absolute Gasteiger partial charge is 0.339 e. The molecule has 19 heavy (non-hydrogen) atoms. The van der Waals surface area contributed by atoms with Crippen molar-refractivity contribution in [3.05, 3.63) is 22.2 Å². The van der Waals surface area contributed by atoms with Gasteiger partial charge in [-0.3, -0.25) is 0 Å². The zero-order valence-corrected chi connectivity index (χ0v) is 11.7. The van der Waals surface area contributed by atoms with Gasteiger partial charge < -0.3 is 19.3 Å². The molecule has 0 radical (unpaired) electrons. The number of aliphatic hydroxyl groups is 1. The van der Waals surface area contributed by atoms with Gasteiger partial charge in [-0.15, -0.1) is 0 Å². The number of hydrogen-bond donors (Lipinski definition) is 1. The zero-order valence-electron chi connectivity index (χ0n) is 10.9. The first-order valence-corrected chi connectivity index (χ1v) is 6.23. The first-order chi connectivity index (χ1) is 8.97. The SMILES string of the molecule is COC(=O)C(O)c1c(Cl)cc2c(c1C(C)C)OCO2. The maximum atomic E-state index is 11.5. The quantitative estimate of drug-likeness (QED) is 0.864. The third-order valence-corrected chi connectivity index (χ3v) is 3.28. The fourth-order valence-corrected chi connectivity index (χ4v) is 2.43. The van der Waals surface area contributed by atoms with E-state index in [-0.39, 0.29) is 17.7 Å². The third-order valence-electron chi connectivity index (χ3n) is 2.97. The number of methoxy groups -OCH3 is 1. The molecule has 6 heteroatoms. The van der Waals surface area contributed by atoms with Crippen LogP contribution in [0.15, 0.2) is 6.07 Å². The molecule has 1 atom stereocenters. The highest BCUT2D eigenvalue weighted by Crippen LogP contribution is 2.46. The summed E-state index contributed by atoms with van der Waals surface area (Å²) in [5.74, 6) is 0.290. The largest absolute Gasteiger partial charge is 0.467 e. The van der Waals surface area contributed by atoms with Crippen LogP contribution in [0.4, 0.5) is 0 Å². The molecule has 1 aromatic carbocycles. The highest BCUT2D eigenvalue weighted by molar-refractivity contribution is 6.32. The first kappa shape index (κ1) is 14.0. The molecule has 2 rings (SSSR count). The van der Waals surface area contributed by atoms with E-state index in [0.29, 0.717) is 22.6 Å². The number of aliphatic hydroxyl groups excluding tert-OH is 1. The Morgan fingerprint density at radius 3 is 2.68 bits per heavy atom. The molecule has 1 aromatic rings. The molecule has 0 bridgehead atoms. The van der Waals surface area contributed by atoms with Gasteiger partial charge in [0, 0.05) is 17.2 Å². The molecule has 0 aliphatic carbocycles. The second-order valence-corrected chi connectivity index (χ2v) is 4.91. The highest BCUT2D eigenvalue weighted by atomic mass is 35.5. The number of carbonyl (C=O) groups excluding carboxylic acids is 1. The van der Waals surface area contributed by atoms with Crippen LogP contribution >= 0.6 is 11.6 Å². The maximum Gasteiger partial charge on any atom is 0.339 e. The summed E-state index contributed by atoms with van der Waals surface area (Å²) >= 11 is 6.15. The van der Waals surface area contributed by atoms with Gasteiger partial charge in [0.15, 0.2) is 17.6 Å². The lowest BCUT2D eigenvalue weighted by atomic mass is 9.92. The Balaban J connectivity index is 2.62. The van der Waals surface area contributed by atoms with Gasteiger partial charge in [0.05, 0.1) is 12.1 Å². The van der Waals surface area contributed by atoms with Gasteiger partial charge in [0.25, 0.3) is 0 Å². The molecule has 0 amide bonds. The minimum absolute atomic E-state index is 0.00320. The molecule has 1 aliphatic rings. The average Bonchev–Trinajstić information content (AvgIpc) is 2.82. The van der Waals surface area contributed by atoms with Crippen LogP contribution in [0, 0.1) is 0 Å².